The smallest absolute Gasteiger partial charge is 0.328 e. The highest BCUT2D eigenvalue weighted by atomic mass is 16.6. The van der Waals surface area contributed by atoms with Crippen LogP contribution in [0.25, 0.3) is 0 Å². The number of ether oxygens (including phenoxy) is 25. The van der Waals surface area contributed by atoms with Gasteiger partial charge in [-0.2, -0.15) is 0 Å². The van der Waals surface area contributed by atoms with Crippen molar-refractivity contribution >= 4 is 23.6 Å². The van der Waals surface area contributed by atoms with E-state index in [-0.39, 0.29) is 30.5 Å². The molecule has 558 valence electrons. The Balaban J connectivity index is 3.20. The van der Waals surface area contributed by atoms with Crippen LogP contribution in [0.4, 0.5) is 0 Å². The number of methoxy groups -OCH3 is 2. The molecule has 0 aliphatic carbocycles. The molecule has 0 fully saturated rings. The molecule has 0 saturated heterocycles. The Morgan fingerprint density at radius 1 is 0.309 bits per heavy atom. The van der Waals surface area contributed by atoms with E-state index in [1.54, 1.807) is 14.2 Å². The highest BCUT2D eigenvalue weighted by Crippen LogP contribution is 2.04. The summed E-state index contributed by atoms with van der Waals surface area (Å²) in [7, 11) is 4.46. The molecule has 0 aromatic heterocycles. The molecule has 1 atom stereocenters. The maximum Gasteiger partial charge on any atom is 0.328 e. The molecule has 0 aromatic rings. The summed E-state index contributed by atoms with van der Waals surface area (Å²) in [5, 5.41) is 5.54. The van der Waals surface area contributed by atoms with E-state index in [1.165, 1.54) is 7.11 Å². The van der Waals surface area contributed by atoms with Crippen molar-refractivity contribution in [2.75, 3.05) is 338 Å². The van der Waals surface area contributed by atoms with Crippen molar-refractivity contribution in [1.29, 1.82) is 0 Å². The van der Waals surface area contributed by atoms with E-state index in [0.717, 1.165) is 0 Å². The third kappa shape index (κ3) is 76.3. The zero-order valence-electron chi connectivity index (χ0n) is 57.2. The van der Waals surface area contributed by atoms with Crippen molar-refractivity contribution in [3.63, 3.8) is 0 Å². The van der Waals surface area contributed by atoms with E-state index in [9.17, 15) is 14.4 Å². The number of hydrogen-bond donors (Lipinski definition) is 3. The third-order valence-electron chi connectivity index (χ3n) is 12.0. The summed E-state index contributed by atoms with van der Waals surface area (Å²) in [5.74, 6) is -0.702. The van der Waals surface area contributed by atoms with Crippen LogP contribution >= 0.6 is 0 Å². The highest BCUT2D eigenvalue weighted by Gasteiger charge is 2.21. The van der Waals surface area contributed by atoms with E-state index in [0.29, 0.717) is 343 Å². The van der Waals surface area contributed by atoms with Gasteiger partial charge in [0.1, 0.15) is 11.8 Å². The van der Waals surface area contributed by atoms with Gasteiger partial charge in [0.15, 0.2) is 5.96 Å². The van der Waals surface area contributed by atoms with Gasteiger partial charge in [0.25, 0.3) is 0 Å². The van der Waals surface area contributed by atoms with Crippen LogP contribution in [0.3, 0.4) is 0 Å². The second-order valence-corrected chi connectivity index (χ2v) is 19.5. The predicted octanol–water partition coefficient (Wildman–Crippen LogP) is 0.116. The van der Waals surface area contributed by atoms with E-state index in [2.05, 4.69) is 15.6 Å². The number of nitrogens with zero attached hydrogens (tertiary/aromatic N) is 1. The number of amides is 1. The van der Waals surface area contributed by atoms with Crippen LogP contribution in [0.2, 0.25) is 0 Å². The SMILES string of the molecule is CN=C(N)NCCC[C@H](NC(=O)CCC(=O)CCCOCCOCCOCCOCCOCCOCCOCCOCCOCCOCCOCCOCCOCCOCCOCCOCCOCCOCCOCCOCCOCCOCCOCCOC)C(=O)OC. The van der Waals surface area contributed by atoms with Crippen molar-refractivity contribution in [1.82, 2.24) is 10.6 Å². The number of rotatable bonds is 82. The van der Waals surface area contributed by atoms with Crippen LogP contribution in [0.1, 0.15) is 38.5 Å². The fourth-order valence-corrected chi connectivity index (χ4v) is 7.09. The first-order valence-corrected chi connectivity index (χ1v) is 33.1. The Morgan fingerprint density at radius 3 is 0.745 bits per heavy atom. The molecule has 32 heteroatoms. The number of nitrogens with one attached hydrogen (secondary N) is 2. The van der Waals surface area contributed by atoms with E-state index < -0.39 is 12.0 Å². The molecule has 4 N–H and O–H groups in total. The zero-order valence-corrected chi connectivity index (χ0v) is 57.2. The van der Waals surface area contributed by atoms with Gasteiger partial charge in [0, 0.05) is 46.6 Å². The number of ketones is 1. The molecule has 0 heterocycles. The first kappa shape index (κ1) is 90.9. The first-order valence-electron chi connectivity index (χ1n) is 33.1. The summed E-state index contributed by atoms with van der Waals surface area (Å²) in [6.07, 6.45) is 1.80. The van der Waals surface area contributed by atoms with Crippen molar-refractivity contribution in [2.24, 2.45) is 10.7 Å². The quantitative estimate of drug-likeness (QED) is 0.0315. The highest BCUT2D eigenvalue weighted by molar-refractivity contribution is 5.88. The van der Waals surface area contributed by atoms with Crippen LogP contribution in [-0.4, -0.2) is 368 Å². The molecule has 0 aliphatic rings. The number of guanidine groups is 1. The molecule has 1 amide bonds. The van der Waals surface area contributed by atoms with Gasteiger partial charge < -0.3 is 135 Å². The van der Waals surface area contributed by atoms with Gasteiger partial charge in [0.2, 0.25) is 5.91 Å². The van der Waals surface area contributed by atoms with E-state index in [1.807, 2.05) is 0 Å². The monoisotopic (exact) mass is 1370 g/mol. The van der Waals surface area contributed by atoms with Gasteiger partial charge in [-0.05, 0) is 19.3 Å². The van der Waals surface area contributed by atoms with E-state index >= 15 is 0 Å². The van der Waals surface area contributed by atoms with Crippen LogP contribution in [0, 0.1) is 0 Å². The molecule has 0 aliphatic heterocycles. The fraction of sp³-hybridized carbons (Fsp3) is 0.935. The number of carbonyl (C=O) groups is 3. The Kier molecular flexibility index (Phi) is 78.0. The number of esters is 1. The fourth-order valence-electron chi connectivity index (χ4n) is 7.09. The van der Waals surface area contributed by atoms with Crippen LogP contribution in [-0.2, 0) is 133 Å². The second kappa shape index (κ2) is 80.6. The minimum absolute atomic E-state index is 0.0127. The maximum absolute atomic E-state index is 12.3. The van der Waals surface area contributed by atoms with Crippen molar-refractivity contribution in [2.45, 2.75) is 44.6 Å². The minimum Gasteiger partial charge on any atom is -0.467 e. The first-order chi connectivity index (χ1) is 46.4. The second-order valence-electron chi connectivity index (χ2n) is 19.5. The molecular formula is C62H122N4O28. The number of nitrogens with two attached hydrogens (primary N) is 1. The largest absolute Gasteiger partial charge is 0.467 e. The molecule has 0 aromatic carbocycles. The average molecular weight is 1370 g/mol. The van der Waals surface area contributed by atoms with Gasteiger partial charge in [0.05, 0.1) is 311 Å². The summed E-state index contributed by atoms with van der Waals surface area (Å²) in [6.45, 7) is 22.9. The number of hydrogen-bond acceptors (Lipinski definition) is 29. The van der Waals surface area contributed by atoms with Crippen LogP contribution < -0.4 is 16.4 Å². The van der Waals surface area contributed by atoms with Gasteiger partial charge in [-0.1, -0.05) is 0 Å². The van der Waals surface area contributed by atoms with Gasteiger partial charge >= 0.3 is 5.97 Å². The summed E-state index contributed by atoms with van der Waals surface area (Å²) < 4.78 is 136. The molecule has 0 rings (SSSR count). The molecule has 0 bridgehead atoms. The molecule has 0 unspecified atom stereocenters. The number of carbonyl (C=O) groups excluding carboxylic acids is 3. The summed E-state index contributed by atoms with van der Waals surface area (Å²) in [5.41, 5.74) is 5.59. The lowest BCUT2D eigenvalue weighted by atomic mass is 10.1. The Hall–Kier alpha value is -3.08. The summed E-state index contributed by atoms with van der Waals surface area (Å²) in [4.78, 5) is 40.4. The van der Waals surface area contributed by atoms with E-state index in [4.69, 9.17) is 124 Å². The molecule has 94 heavy (non-hydrogen) atoms. The summed E-state index contributed by atoms with van der Waals surface area (Å²) >= 11 is 0. The lowest BCUT2D eigenvalue weighted by molar-refractivity contribution is -0.145. The van der Waals surface area contributed by atoms with Gasteiger partial charge in [-0.3, -0.25) is 14.6 Å². The molecule has 0 radical (unpaired) electrons. The van der Waals surface area contributed by atoms with Gasteiger partial charge in [-0.25, -0.2) is 4.79 Å². The summed E-state index contributed by atoms with van der Waals surface area (Å²) in [6, 6.07) is -0.805. The Morgan fingerprint density at radius 2 is 0.532 bits per heavy atom. The lowest BCUT2D eigenvalue weighted by Crippen LogP contribution is -2.42. The van der Waals surface area contributed by atoms with Crippen LogP contribution in [0.15, 0.2) is 4.99 Å². The average Bonchev–Trinajstić information content (AvgIpc) is 2.41. The van der Waals surface area contributed by atoms with Crippen molar-refractivity contribution < 1.29 is 133 Å². The van der Waals surface area contributed by atoms with Crippen molar-refractivity contribution in [3.05, 3.63) is 0 Å². The standard InChI is InChI=1S/C62H122N4O28/c1-64-62(63)65-10-4-7-59(61(69)71-3)66-60(68)9-8-58(67)6-5-11-72-14-15-74-18-19-76-22-23-78-26-27-80-30-31-82-34-35-84-38-39-86-42-43-88-46-47-90-50-51-92-54-55-94-57-56-93-53-52-91-49-48-89-45-44-87-41-40-85-37-36-83-33-32-81-29-28-79-25-24-77-21-20-75-17-16-73-13-12-70-2/h59H,4-57H2,1-3H3,(H,66,68)(H3,63,64,65)/t59-/m0/s1. The molecule has 32 nitrogen and oxygen atoms in total. The zero-order chi connectivity index (χ0) is 67.9. The number of aliphatic imine (C=N–C) groups is 1. The molecule has 0 saturated carbocycles. The Bertz CT molecular complexity index is 1580. The van der Waals surface area contributed by atoms with Crippen molar-refractivity contribution in [3.8, 4) is 0 Å². The topological polar surface area (TPSA) is 344 Å². The molecular weight excluding hydrogens is 1250 g/mol. The maximum atomic E-state index is 12.3. The van der Waals surface area contributed by atoms with Gasteiger partial charge in [-0.15, -0.1) is 0 Å². The Labute approximate surface area is 559 Å². The molecule has 0 spiro atoms. The number of Topliss-reactive ketones (excluding diaryl/α,β-unsaturated/α-hetero) is 1. The van der Waals surface area contributed by atoms with Crippen LogP contribution in [0.5, 0.6) is 0 Å². The predicted molar refractivity (Wildman–Crippen MR) is 343 cm³/mol. The normalized spacial score (nSPS) is 12.1. The lowest BCUT2D eigenvalue weighted by Gasteiger charge is -2.16. The minimum atomic E-state index is -0.805. The third-order valence-corrected chi connectivity index (χ3v) is 12.0.